The maximum atomic E-state index is 3.21. The molecule has 0 atom stereocenters. The summed E-state index contributed by atoms with van der Waals surface area (Å²) in [6.45, 7) is 7.08. The number of benzene rings is 2. The van der Waals surface area contributed by atoms with E-state index >= 15 is 0 Å². The number of rotatable bonds is 1. The standard InChI is InChI=1S/C17H18Si/c1-18(2,3)17-13-11-16(12-14-17)10-9-15-7-5-4-6-8-15/h4-8,11-14H,1-3H3. The molecular weight excluding hydrogens is 232 g/mol. The summed E-state index contributed by atoms with van der Waals surface area (Å²) >= 11 is 0. The molecule has 18 heavy (non-hydrogen) atoms. The summed E-state index contributed by atoms with van der Waals surface area (Å²) < 4.78 is 0. The van der Waals surface area contributed by atoms with E-state index in [1.54, 1.807) is 0 Å². The lowest BCUT2D eigenvalue weighted by Gasteiger charge is -2.15. The highest BCUT2D eigenvalue weighted by molar-refractivity contribution is 6.88. The van der Waals surface area contributed by atoms with Gasteiger partial charge in [0.15, 0.2) is 0 Å². The molecule has 0 N–H and O–H groups in total. The SMILES string of the molecule is C[Si](C)(C)c1ccc(C#Cc2ccccc2)cc1. The quantitative estimate of drug-likeness (QED) is 0.535. The van der Waals surface area contributed by atoms with E-state index in [-0.39, 0.29) is 0 Å². The van der Waals surface area contributed by atoms with Crippen LogP contribution in [-0.4, -0.2) is 8.07 Å². The predicted octanol–water partition coefficient (Wildman–Crippen LogP) is 3.63. The summed E-state index contributed by atoms with van der Waals surface area (Å²) in [4.78, 5) is 0. The van der Waals surface area contributed by atoms with Crippen molar-refractivity contribution in [1.29, 1.82) is 0 Å². The summed E-state index contributed by atoms with van der Waals surface area (Å²) in [5.41, 5.74) is 2.15. The highest BCUT2D eigenvalue weighted by Crippen LogP contribution is 2.04. The van der Waals surface area contributed by atoms with Gasteiger partial charge in [0.2, 0.25) is 0 Å². The fourth-order valence-corrected chi connectivity index (χ4v) is 2.89. The van der Waals surface area contributed by atoms with Gasteiger partial charge in [-0.2, -0.15) is 0 Å². The molecule has 0 aromatic heterocycles. The minimum atomic E-state index is -1.19. The Kier molecular flexibility index (Phi) is 3.69. The highest BCUT2D eigenvalue weighted by Gasteiger charge is 2.15. The summed E-state index contributed by atoms with van der Waals surface area (Å²) in [6.07, 6.45) is 0. The van der Waals surface area contributed by atoms with Gasteiger partial charge in [0.25, 0.3) is 0 Å². The Balaban J connectivity index is 2.20. The topological polar surface area (TPSA) is 0 Å². The van der Waals surface area contributed by atoms with Crippen molar-refractivity contribution in [2.24, 2.45) is 0 Å². The molecule has 2 aromatic carbocycles. The van der Waals surface area contributed by atoms with Crippen LogP contribution < -0.4 is 5.19 Å². The molecule has 1 heteroatoms. The van der Waals surface area contributed by atoms with Gasteiger partial charge < -0.3 is 0 Å². The first-order chi connectivity index (χ1) is 8.55. The normalized spacial score (nSPS) is 10.6. The Hall–Kier alpha value is -1.78. The molecule has 0 aliphatic heterocycles. The van der Waals surface area contributed by atoms with E-state index in [0.29, 0.717) is 0 Å². The van der Waals surface area contributed by atoms with Crippen LogP contribution in [0.4, 0.5) is 0 Å². The summed E-state index contributed by atoms with van der Waals surface area (Å²) in [5.74, 6) is 6.39. The minimum absolute atomic E-state index is 1.06. The lowest BCUT2D eigenvalue weighted by molar-refractivity contribution is 1.62. The molecule has 2 rings (SSSR count). The van der Waals surface area contributed by atoms with Crippen LogP contribution in [0.15, 0.2) is 54.6 Å². The maximum absolute atomic E-state index is 3.21. The van der Waals surface area contributed by atoms with Crippen molar-refractivity contribution in [1.82, 2.24) is 0 Å². The molecule has 0 unspecified atom stereocenters. The highest BCUT2D eigenvalue weighted by atomic mass is 28.3. The van der Waals surface area contributed by atoms with Gasteiger partial charge >= 0.3 is 0 Å². The van der Waals surface area contributed by atoms with E-state index in [2.05, 4.69) is 55.7 Å². The molecule has 0 saturated heterocycles. The second-order valence-corrected chi connectivity index (χ2v) is 10.5. The van der Waals surface area contributed by atoms with Gasteiger partial charge in [-0.25, -0.2) is 0 Å². The van der Waals surface area contributed by atoms with Crippen molar-refractivity contribution in [3.63, 3.8) is 0 Å². The van der Waals surface area contributed by atoms with Gasteiger partial charge in [-0.3, -0.25) is 0 Å². The van der Waals surface area contributed by atoms with E-state index in [4.69, 9.17) is 0 Å². The third-order valence-electron chi connectivity index (χ3n) is 2.88. The van der Waals surface area contributed by atoms with Crippen LogP contribution in [0, 0.1) is 11.8 Å². The van der Waals surface area contributed by atoms with E-state index in [0.717, 1.165) is 11.1 Å². The summed E-state index contributed by atoms with van der Waals surface area (Å²) in [7, 11) is -1.19. The molecule has 0 aliphatic carbocycles. The Morgan fingerprint density at radius 1 is 0.667 bits per heavy atom. The van der Waals surface area contributed by atoms with Gasteiger partial charge in [-0.15, -0.1) is 0 Å². The Labute approximate surface area is 111 Å². The molecule has 0 spiro atoms. The van der Waals surface area contributed by atoms with Gasteiger partial charge in [0.1, 0.15) is 0 Å². The van der Waals surface area contributed by atoms with Crippen LogP contribution in [0.3, 0.4) is 0 Å². The first kappa shape index (κ1) is 12.7. The molecule has 90 valence electrons. The average molecular weight is 250 g/mol. The monoisotopic (exact) mass is 250 g/mol. The van der Waals surface area contributed by atoms with Gasteiger partial charge in [-0.1, -0.05) is 67.0 Å². The third kappa shape index (κ3) is 3.35. The van der Waals surface area contributed by atoms with Crippen molar-refractivity contribution in [2.45, 2.75) is 19.6 Å². The van der Waals surface area contributed by atoms with Crippen molar-refractivity contribution in [3.8, 4) is 11.8 Å². The Morgan fingerprint density at radius 2 is 1.17 bits per heavy atom. The largest absolute Gasteiger partial charge is 0.0775 e. The zero-order valence-corrected chi connectivity index (χ0v) is 12.2. The number of hydrogen-bond donors (Lipinski definition) is 0. The molecular formula is C17H18Si. The summed E-state index contributed by atoms with van der Waals surface area (Å²) in [6, 6.07) is 18.8. The van der Waals surface area contributed by atoms with Crippen molar-refractivity contribution < 1.29 is 0 Å². The molecule has 0 aliphatic rings. The van der Waals surface area contributed by atoms with E-state index < -0.39 is 8.07 Å². The molecule has 0 heterocycles. The first-order valence-electron chi connectivity index (χ1n) is 6.23. The van der Waals surface area contributed by atoms with E-state index in [1.165, 1.54) is 5.19 Å². The van der Waals surface area contributed by atoms with Gasteiger partial charge in [0.05, 0.1) is 8.07 Å². The second-order valence-electron chi connectivity index (χ2n) is 5.44. The predicted molar refractivity (Wildman–Crippen MR) is 81.8 cm³/mol. The fraction of sp³-hybridized carbons (Fsp3) is 0.176. The van der Waals surface area contributed by atoms with Crippen LogP contribution in [0.1, 0.15) is 11.1 Å². The molecule has 0 bridgehead atoms. The zero-order chi connectivity index (χ0) is 13.0. The molecule has 0 fully saturated rings. The Bertz CT molecular complexity index is 563. The van der Waals surface area contributed by atoms with Crippen molar-refractivity contribution in [2.75, 3.05) is 0 Å². The van der Waals surface area contributed by atoms with Gasteiger partial charge in [-0.05, 0) is 24.3 Å². The second kappa shape index (κ2) is 5.24. The Morgan fingerprint density at radius 3 is 1.67 bits per heavy atom. The lowest BCUT2D eigenvalue weighted by atomic mass is 10.2. The molecule has 2 aromatic rings. The smallest absolute Gasteiger partial charge is 0.0656 e. The van der Waals surface area contributed by atoms with Gasteiger partial charge in [0, 0.05) is 11.1 Å². The molecule has 0 radical (unpaired) electrons. The number of hydrogen-bond acceptors (Lipinski definition) is 0. The van der Waals surface area contributed by atoms with Crippen LogP contribution in [0.5, 0.6) is 0 Å². The first-order valence-corrected chi connectivity index (χ1v) is 9.73. The van der Waals surface area contributed by atoms with E-state index in [9.17, 15) is 0 Å². The minimum Gasteiger partial charge on any atom is -0.0656 e. The van der Waals surface area contributed by atoms with Crippen molar-refractivity contribution in [3.05, 3.63) is 65.7 Å². The zero-order valence-electron chi connectivity index (χ0n) is 11.2. The molecule has 0 nitrogen and oxygen atoms in total. The van der Waals surface area contributed by atoms with Crippen LogP contribution >= 0.6 is 0 Å². The lowest BCUT2D eigenvalue weighted by Crippen LogP contribution is -2.37. The van der Waals surface area contributed by atoms with Crippen LogP contribution in [-0.2, 0) is 0 Å². The fourth-order valence-electron chi connectivity index (χ4n) is 1.72. The molecule has 0 amide bonds. The van der Waals surface area contributed by atoms with Crippen molar-refractivity contribution >= 4 is 13.3 Å². The van der Waals surface area contributed by atoms with E-state index in [1.807, 2.05) is 30.3 Å². The average Bonchev–Trinajstić information content (AvgIpc) is 2.37. The van der Waals surface area contributed by atoms with Crippen LogP contribution in [0.25, 0.3) is 0 Å². The van der Waals surface area contributed by atoms with Crippen LogP contribution in [0.2, 0.25) is 19.6 Å². The summed E-state index contributed by atoms with van der Waals surface area (Å²) in [5, 5.41) is 1.48. The maximum Gasteiger partial charge on any atom is 0.0775 e. The molecule has 0 saturated carbocycles. The third-order valence-corrected chi connectivity index (χ3v) is 4.94.